The third-order valence-corrected chi connectivity index (χ3v) is 2.36. The summed E-state index contributed by atoms with van der Waals surface area (Å²) in [4.78, 5) is 18.2. The molecule has 2 aromatic heterocycles. The number of aromatic nitrogens is 4. The standard InChI is InChI=1S/C9H5ClF2N4O/c10-8-5(3-17)7(9(11)12)15-16(8)6-1-2-13-4-14-6/h1-4,9H. The smallest absolute Gasteiger partial charge is 0.282 e. The number of aldehydes is 1. The molecule has 5 nitrogen and oxygen atoms in total. The highest BCUT2D eigenvalue weighted by Gasteiger charge is 2.23. The first kappa shape index (κ1) is 11.6. The highest BCUT2D eigenvalue weighted by molar-refractivity contribution is 6.32. The molecule has 8 heteroatoms. The summed E-state index contributed by atoms with van der Waals surface area (Å²) in [7, 11) is 0. The lowest BCUT2D eigenvalue weighted by Crippen LogP contribution is -2.00. The minimum Gasteiger partial charge on any atom is -0.298 e. The molecule has 0 spiro atoms. The van der Waals surface area contributed by atoms with Gasteiger partial charge < -0.3 is 0 Å². The van der Waals surface area contributed by atoms with Crippen LogP contribution in [0.5, 0.6) is 0 Å². The SMILES string of the molecule is O=Cc1c(C(F)F)nn(-c2ccncn2)c1Cl. The maximum atomic E-state index is 12.6. The van der Waals surface area contributed by atoms with Crippen molar-refractivity contribution in [1.82, 2.24) is 19.7 Å². The normalized spacial score (nSPS) is 10.8. The van der Waals surface area contributed by atoms with E-state index in [2.05, 4.69) is 15.1 Å². The number of nitrogens with zero attached hydrogens (tertiary/aromatic N) is 4. The lowest BCUT2D eigenvalue weighted by atomic mass is 10.3. The van der Waals surface area contributed by atoms with E-state index >= 15 is 0 Å². The fraction of sp³-hybridized carbons (Fsp3) is 0.111. The molecule has 0 atom stereocenters. The van der Waals surface area contributed by atoms with Crippen LogP contribution in [0.3, 0.4) is 0 Å². The van der Waals surface area contributed by atoms with Crippen LogP contribution in [0.25, 0.3) is 5.82 Å². The lowest BCUT2D eigenvalue weighted by molar-refractivity contribution is 0.110. The van der Waals surface area contributed by atoms with Gasteiger partial charge in [0.1, 0.15) is 17.2 Å². The Kier molecular flexibility index (Phi) is 3.10. The van der Waals surface area contributed by atoms with Gasteiger partial charge in [-0.25, -0.2) is 23.4 Å². The maximum Gasteiger partial charge on any atom is 0.282 e. The monoisotopic (exact) mass is 258 g/mol. The van der Waals surface area contributed by atoms with Gasteiger partial charge in [0.2, 0.25) is 0 Å². The molecule has 0 fully saturated rings. The van der Waals surface area contributed by atoms with Crippen LogP contribution in [-0.2, 0) is 0 Å². The molecule has 0 saturated heterocycles. The van der Waals surface area contributed by atoms with Gasteiger partial charge >= 0.3 is 0 Å². The summed E-state index contributed by atoms with van der Waals surface area (Å²) < 4.78 is 26.2. The van der Waals surface area contributed by atoms with E-state index in [9.17, 15) is 13.6 Å². The Hall–Kier alpha value is -1.89. The fourth-order valence-corrected chi connectivity index (χ4v) is 1.52. The first-order valence-electron chi connectivity index (χ1n) is 4.43. The number of rotatable bonds is 3. The first-order valence-corrected chi connectivity index (χ1v) is 4.81. The summed E-state index contributed by atoms with van der Waals surface area (Å²) in [5, 5.41) is 3.36. The molecule has 0 radical (unpaired) electrons. The summed E-state index contributed by atoms with van der Waals surface area (Å²) in [6, 6.07) is 1.43. The van der Waals surface area contributed by atoms with Gasteiger partial charge in [0.15, 0.2) is 12.1 Å². The lowest BCUT2D eigenvalue weighted by Gasteiger charge is -1.99. The van der Waals surface area contributed by atoms with Crippen LogP contribution in [0, 0.1) is 0 Å². The topological polar surface area (TPSA) is 60.7 Å². The molecular weight excluding hydrogens is 254 g/mol. The molecule has 0 unspecified atom stereocenters. The molecule has 2 aromatic rings. The minimum absolute atomic E-state index is 0.200. The largest absolute Gasteiger partial charge is 0.298 e. The molecule has 0 aliphatic heterocycles. The maximum absolute atomic E-state index is 12.6. The highest BCUT2D eigenvalue weighted by atomic mass is 35.5. The van der Waals surface area contributed by atoms with Crippen LogP contribution < -0.4 is 0 Å². The van der Waals surface area contributed by atoms with Crippen LogP contribution in [0.15, 0.2) is 18.6 Å². The Morgan fingerprint density at radius 3 is 2.71 bits per heavy atom. The molecule has 0 aromatic carbocycles. The molecule has 2 heterocycles. The number of halogens is 3. The van der Waals surface area contributed by atoms with Gasteiger partial charge in [0.05, 0.1) is 5.56 Å². The summed E-state index contributed by atoms with van der Waals surface area (Å²) >= 11 is 5.78. The fourth-order valence-electron chi connectivity index (χ4n) is 1.26. The van der Waals surface area contributed by atoms with E-state index in [1.54, 1.807) is 0 Å². The van der Waals surface area contributed by atoms with Gasteiger partial charge in [-0.2, -0.15) is 5.10 Å². The Morgan fingerprint density at radius 1 is 1.47 bits per heavy atom. The van der Waals surface area contributed by atoms with Crippen molar-refractivity contribution in [3.63, 3.8) is 0 Å². The molecule has 88 valence electrons. The summed E-state index contributed by atoms with van der Waals surface area (Å²) in [5.41, 5.74) is -0.996. The van der Waals surface area contributed by atoms with Crippen molar-refractivity contribution in [2.45, 2.75) is 6.43 Å². The van der Waals surface area contributed by atoms with Crippen molar-refractivity contribution in [2.75, 3.05) is 0 Å². The molecular formula is C9H5ClF2N4O. The molecule has 0 amide bonds. The summed E-state index contributed by atoms with van der Waals surface area (Å²) in [5.74, 6) is 0.208. The average Bonchev–Trinajstić information content (AvgIpc) is 2.67. The van der Waals surface area contributed by atoms with Crippen molar-refractivity contribution in [1.29, 1.82) is 0 Å². The predicted octanol–water partition coefficient (Wildman–Crippen LogP) is 2.07. The second-order valence-corrected chi connectivity index (χ2v) is 3.35. The van der Waals surface area contributed by atoms with Gasteiger partial charge in [0, 0.05) is 12.3 Å². The Balaban J connectivity index is 2.61. The number of hydrogen-bond donors (Lipinski definition) is 0. The summed E-state index contributed by atoms with van der Waals surface area (Å²) in [6.07, 6.45) is -0.0104. The zero-order valence-corrected chi connectivity index (χ0v) is 8.97. The molecule has 0 saturated carbocycles. The van der Waals surface area contributed by atoms with Crippen LogP contribution >= 0.6 is 11.6 Å². The zero-order valence-electron chi connectivity index (χ0n) is 8.22. The molecule has 17 heavy (non-hydrogen) atoms. The second-order valence-electron chi connectivity index (χ2n) is 2.99. The number of carbonyl (C=O) groups is 1. The third-order valence-electron chi connectivity index (χ3n) is 2.00. The highest BCUT2D eigenvalue weighted by Crippen LogP contribution is 2.27. The molecule has 2 rings (SSSR count). The van der Waals surface area contributed by atoms with Gasteiger partial charge in [-0.1, -0.05) is 11.6 Å². The van der Waals surface area contributed by atoms with E-state index < -0.39 is 12.1 Å². The zero-order chi connectivity index (χ0) is 12.4. The predicted molar refractivity (Wildman–Crippen MR) is 54.5 cm³/mol. The van der Waals surface area contributed by atoms with Crippen molar-refractivity contribution in [3.8, 4) is 5.82 Å². The van der Waals surface area contributed by atoms with Gasteiger partial charge in [-0.3, -0.25) is 4.79 Å². The van der Waals surface area contributed by atoms with Crippen molar-refractivity contribution in [3.05, 3.63) is 35.0 Å². The van der Waals surface area contributed by atoms with E-state index in [1.807, 2.05) is 0 Å². The van der Waals surface area contributed by atoms with Crippen molar-refractivity contribution < 1.29 is 13.6 Å². The van der Waals surface area contributed by atoms with E-state index in [0.717, 1.165) is 4.68 Å². The van der Waals surface area contributed by atoms with Crippen LogP contribution in [0.1, 0.15) is 22.5 Å². The average molecular weight is 259 g/mol. The summed E-state index contributed by atoms with van der Waals surface area (Å²) in [6.45, 7) is 0. The molecule has 0 N–H and O–H groups in total. The Labute approximate surface area is 99.1 Å². The molecule has 0 bridgehead atoms. The third kappa shape index (κ3) is 2.01. The van der Waals surface area contributed by atoms with Gasteiger partial charge in [-0.15, -0.1) is 0 Å². The molecule has 0 aliphatic carbocycles. The van der Waals surface area contributed by atoms with Gasteiger partial charge in [-0.05, 0) is 0 Å². The van der Waals surface area contributed by atoms with Crippen molar-refractivity contribution >= 4 is 17.9 Å². The number of alkyl halides is 2. The number of hydrogen-bond acceptors (Lipinski definition) is 4. The quantitative estimate of drug-likeness (QED) is 0.791. The van der Waals surface area contributed by atoms with Crippen LogP contribution in [-0.4, -0.2) is 26.0 Å². The Bertz CT molecular complexity index is 543. The number of carbonyl (C=O) groups excluding carboxylic acids is 1. The van der Waals surface area contributed by atoms with E-state index in [1.165, 1.54) is 18.6 Å². The minimum atomic E-state index is -2.88. The second kappa shape index (κ2) is 4.54. The van der Waals surface area contributed by atoms with E-state index in [0.29, 0.717) is 0 Å². The van der Waals surface area contributed by atoms with Crippen LogP contribution in [0.4, 0.5) is 8.78 Å². The van der Waals surface area contributed by atoms with E-state index in [-0.39, 0.29) is 22.8 Å². The Morgan fingerprint density at radius 2 is 2.24 bits per heavy atom. The molecule has 0 aliphatic rings. The first-order chi connectivity index (χ1) is 8.15. The van der Waals surface area contributed by atoms with Crippen molar-refractivity contribution in [2.24, 2.45) is 0 Å². The van der Waals surface area contributed by atoms with Gasteiger partial charge in [0.25, 0.3) is 6.43 Å². The van der Waals surface area contributed by atoms with E-state index in [4.69, 9.17) is 11.6 Å². The van der Waals surface area contributed by atoms with Crippen LogP contribution in [0.2, 0.25) is 5.15 Å².